The van der Waals surface area contributed by atoms with Crippen molar-refractivity contribution in [3.05, 3.63) is 224 Å². The molecule has 0 saturated heterocycles. The number of amides is 2. The highest BCUT2D eigenvalue weighted by Crippen LogP contribution is 2.45. The molecule has 7 aromatic rings. The van der Waals surface area contributed by atoms with Crippen LogP contribution in [0.15, 0.2) is 174 Å². The highest BCUT2D eigenvalue weighted by Gasteiger charge is 2.46. The van der Waals surface area contributed by atoms with Crippen LogP contribution in [0.1, 0.15) is 73.7 Å². The van der Waals surface area contributed by atoms with Gasteiger partial charge >= 0.3 is 0 Å². The van der Waals surface area contributed by atoms with E-state index in [9.17, 15) is 24.3 Å². The fourth-order valence-corrected chi connectivity index (χ4v) is 10.7. The van der Waals surface area contributed by atoms with Crippen molar-refractivity contribution in [2.75, 3.05) is 49.7 Å². The SMILES string of the molecule is O=C1c2c(O)c(=O)ccn2N2CN1C[C@H]1C[C@@H]1COc1ccccc1[C@@H]2c1ccccc1.O=C1c2c(OCc3ccccc3)c(=O)ccn2N2CN1C[C@H]1C[C@@H]1COc1ccccc1[C@@H]2c1ccccc1. The van der Waals surface area contributed by atoms with Crippen molar-refractivity contribution in [2.45, 2.75) is 31.5 Å². The molecule has 2 fully saturated rings. The van der Waals surface area contributed by atoms with Crippen LogP contribution in [0.4, 0.5) is 0 Å². The molecule has 13 rings (SSSR count). The van der Waals surface area contributed by atoms with E-state index in [0.29, 0.717) is 63.3 Å². The maximum absolute atomic E-state index is 14.0. The van der Waals surface area contributed by atoms with E-state index in [1.165, 1.54) is 12.1 Å². The fraction of sp³-hybridized carbons (Fsp3) is 0.263. The molecule has 14 nitrogen and oxygen atoms in total. The number of pyridine rings is 2. The zero-order chi connectivity index (χ0) is 48.2. The summed E-state index contributed by atoms with van der Waals surface area (Å²) in [5.41, 5.74) is 4.40. The first kappa shape index (κ1) is 44.0. The largest absolute Gasteiger partial charge is 0.502 e. The monoisotopic (exact) mass is 948 g/mol. The van der Waals surface area contributed by atoms with Crippen LogP contribution in [0, 0.1) is 23.7 Å². The minimum absolute atomic E-state index is 0.0135. The van der Waals surface area contributed by atoms with Crippen molar-refractivity contribution in [2.24, 2.45) is 23.7 Å². The zero-order valence-electron chi connectivity index (χ0n) is 38.9. The van der Waals surface area contributed by atoms with Gasteiger partial charge in [0.25, 0.3) is 11.8 Å². The van der Waals surface area contributed by atoms with Gasteiger partial charge in [-0.1, -0.05) is 127 Å². The van der Waals surface area contributed by atoms with Gasteiger partial charge in [0, 0.05) is 48.7 Å². The number of aromatic hydroxyl groups is 1. The van der Waals surface area contributed by atoms with Crippen LogP contribution in [-0.4, -0.2) is 75.7 Å². The van der Waals surface area contributed by atoms with E-state index in [0.717, 1.165) is 52.2 Å². The third-order valence-corrected chi connectivity index (χ3v) is 14.7. The first-order chi connectivity index (χ1) is 34.8. The zero-order valence-corrected chi connectivity index (χ0v) is 38.9. The Labute approximate surface area is 410 Å². The number of para-hydroxylation sites is 2. The van der Waals surface area contributed by atoms with Crippen molar-refractivity contribution < 1.29 is 28.9 Å². The number of rotatable bonds is 5. The molecule has 6 aliphatic rings. The molecule has 2 aromatic heterocycles. The van der Waals surface area contributed by atoms with E-state index < -0.39 is 11.2 Å². The van der Waals surface area contributed by atoms with Gasteiger partial charge in [0.1, 0.15) is 43.5 Å². The molecule has 0 radical (unpaired) electrons. The number of hydrogen-bond acceptors (Lipinski definition) is 10. The Kier molecular flexibility index (Phi) is 11.3. The first-order valence-corrected chi connectivity index (χ1v) is 24.3. The van der Waals surface area contributed by atoms with Gasteiger partial charge in [-0.3, -0.25) is 38.5 Å². The van der Waals surface area contributed by atoms with E-state index in [1.54, 1.807) is 22.0 Å². The lowest BCUT2D eigenvalue weighted by molar-refractivity contribution is 0.0659. The van der Waals surface area contributed by atoms with Gasteiger partial charge in [-0.05, 0) is 65.3 Å². The van der Waals surface area contributed by atoms with Gasteiger partial charge < -0.3 is 29.1 Å². The Morgan fingerprint density at radius 1 is 0.507 bits per heavy atom. The van der Waals surface area contributed by atoms with E-state index in [2.05, 4.69) is 23.2 Å². The second-order valence-electron chi connectivity index (χ2n) is 19.3. The minimum Gasteiger partial charge on any atom is -0.502 e. The second-order valence-corrected chi connectivity index (χ2v) is 19.3. The Balaban J connectivity index is 0.000000149. The standard InChI is InChI=1S/C32H29N3O4.C25H23N3O4/c36-27-15-16-34-30(31(27)39-19-22-9-3-1-4-10-22)32(37)33-18-24-17-25(24)20-38-28-14-8-7-13-26(28)29(35(34)21-33)23-11-5-2-6-12-23;29-20-10-11-27-23(24(20)30)25(31)26-13-17-12-18(17)14-32-21-9-5-4-8-19(21)22(28(27)15-26)16-6-2-1-3-7-16/h1-16,24-25,29H,17-21H2;1-11,17-18,22,30H,12-15H2/t24-,25-,29+;17-,18-,22+/m11/s1. The van der Waals surface area contributed by atoms with Gasteiger partial charge in [-0.2, -0.15) is 0 Å². The third-order valence-electron chi connectivity index (χ3n) is 14.7. The number of ether oxygens (including phenoxy) is 3. The number of carbonyl (C=O) groups excluding carboxylic acids is 2. The van der Waals surface area contributed by atoms with Gasteiger partial charge in [-0.25, -0.2) is 0 Å². The summed E-state index contributed by atoms with van der Waals surface area (Å²) < 4.78 is 22.3. The molecule has 2 aliphatic carbocycles. The molecule has 0 spiro atoms. The number of nitrogens with zero attached hydrogens (tertiary/aromatic N) is 6. The maximum atomic E-state index is 14.0. The normalized spacial score (nSPS) is 22.6. The number of hydrogen-bond donors (Lipinski definition) is 1. The van der Waals surface area contributed by atoms with Crippen molar-refractivity contribution in [3.8, 4) is 23.0 Å². The highest BCUT2D eigenvalue weighted by molar-refractivity contribution is 5.97. The Morgan fingerprint density at radius 2 is 0.958 bits per heavy atom. The van der Waals surface area contributed by atoms with Crippen molar-refractivity contribution in [3.63, 3.8) is 0 Å². The van der Waals surface area contributed by atoms with Crippen LogP contribution in [0.2, 0.25) is 0 Å². The second kappa shape index (κ2) is 18.2. The van der Waals surface area contributed by atoms with Crippen LogP contribution < -0.4 is 35.1 Å². The average molecular weight is 949 g/mol. The molecule has 71 heavy (non-hydrogen) atoms. The van der Waals surface area contributed by atoms with Crippen LogP contribution in [0.25, 0.3) is 0 Å². The minimum atomic E-state index is -0.556. The summed E-state index contributed by atoms with van der Waals surface area (Å²) in [6.07, 6.45) is 5.29. The molecule has 2 amide bonds. The predicted molar refractivity (Wildman–Crippen MR) is 266 cm³/mol. The molecular weight excluding hydrogens is 897 g/mol. The molecule has 358 valence electrons. The van der Waals surface area contributed by atoms with E-state index in [4.69, 9.17) is 14.2 Å². The quantitative estimate of drug-likeness (QED) is 0.187. The van der Waals surface area contributed by atoms with Gasteiger partial charge in [0.2, 0.25) is 10.9 Å². The van der Waals surface area contributed by atoms with Crippen LogP contribution in [0.3, 0.4) is 0 Å². The number of benzene rings is 5. The molecule has 2 saturated carbocycles. The van der Waals surface area contributed by atoms with Crippen LogP contribution >= 0.6 is 0 Å². The summed E-state index contributed by atoms with van der Waals surface area (Å²) in [6.45, 7) is 3.34. The molecule has 14 heteroatoms. The van der Waals surface area contributed by atoms with Gasteiger partial charge in [0.05, 0.1) is 13.2 Å². The van der Waals surface area contributed by atoms with Crippen molar-refractivity contribution in [1.82, 2.24) is 19.2 Å². The Morgan fingerprint density at radius 3 is 1.49 bits per heavy atom. The number of carbonyl (C=O) groups is 2. The molecule has 6 atom stereocenters. The van der Waals surface area contributed by atoms with Crippen molar-refractivity contribution in [1.29, 1.82) is 0 Å². The molecule has 6 heterocycles. The molecule has 1 N–H and O–H groups in total. The Hall–Kier alpha value is -8.26. The smallest absolute Gasteiger partial charge is 0.277 e. The third kappa shape index (κ3) is 8.32. The van der Waals surface area contributed by atoms with Crippen molar-refractivity contribution >= 4 is 11.8 Å². The summed E-state index contributed by atoms with van der Waals surface area (Å²) in [5, 5.41) is 14.8. The number of aromatic nitrogens is 2. The molecule has 4 aliphatic heterocycles. The van der Waals surface area contributed by atoms with E-state index >= 15 is 0 Å². The molecule has 0 unspecified atom stereocenters. The predicted octanol–water partition coefficient (Wildman–Crippen LogP) is 7.32. The summed E-state index contributed by atoms with van der Waals surface area (Å²) in [6, 6.07) is 48.2. The summed E-state index contributed by atoms with van der Waals surface area (Å²) in [5.74, 6) is 2.24. The summed E-state index contributed by atoms with van der Waals surface area (Å²) in [4.78, 5) is 56.4. The molecule has 4 bridgehead atoms. The van der Waals surface area contributed by atoms with Gasteiger partial charge in [-0.15, -0.1) is 0 Å². The van der Waals surface area contributed by atoms with Gasteiger partial charge in [0.15, 0.2) is 22.9 Å². The molecule has 5 aromatic carbocycles. The lowest BCUT2D eigenvalue weighted by Gasteiger charge is -2.44. The highest BCUT2D eigenvalue weighted by atomic mass is 16.5. The topological polar surface area (TPSA) is 139 Å². The Bertz CT molecular complexity index is 3260. The number of fused-ring (bicyclic) bond motifs is 12. The van der Waals surface area contributed by atoms with E-state index in [-0.39, 0.29) is 53.1 Å². The van der Waals surface area contributed by atoms with E-state index in [1.807, 2.05) is 136 Å². The summed E-state index contributed by atoms with van der Waals surface area (Å²) in [7, 11) is 0. The summed E-state index contributed by atoms with van der Waals surface area (Å²) >= 11 is 0. The average Bonchev–Trinajstić information content (AvgIpc) is 4.34. The lowest BCUT2D eigenvalue weighted by Crippen LogP contribution is -2.56. The first-order valence-electron chi connectivity index (χ1n) is 24.3. The molecular formula is C57H52N6O8. The maximum Gasteiger partial charge on any atom is 0.277 e. The fourth-order valence-electron chi connectivity index (χ4n) is 10.7. The van der Waals surface area contributed by atoms with Crippen LogP contribution in [-0.2, 0) is 6.61 Å². The van der Waals surface area contributed by atoms with Crippen LogP contribution in [0.5, 0.6) is 23.0 Å². The lowest BCUT2D eigenvalue weighted by atomic mass is 9.97.